The summed E-state index contributed by atoms with van der Waals surface area (Å²) in [6.07, 6.45) is 7.71. The first-order chi connectivity index (χ1) is 4.52. The molecule has 0 amide bonds. The Bertz CT molecular complexity index is 116. The Hall–Kier alpha value is 0.310. The fourth-order valence-electron chi connectivity index (χ4n) is 1.36. The first-order valence-corrected chi connectivity index (χ1v) is 6.53. The quantitative estimate of drug-likeness (QED) is 0.668. The molecule has 0 unspecified atom stereocenters. The second kappa shape index (κ2) is 2.74. The van der Waals surface area contributed by atoms with Crippen LogP contribution in [0.2, 0.25) is 0 Å². The van der Waals surface area contributed by atoms with E-state index in [1.165, 1.54) is 12.8 Å². The van der Waals surface area contributed by atoms with Gasteiger partial charge < -0.3 is 0 Å². The van der Waals surface area contributed by atoms with E-state index in [4.69, 9.17) is 0 Å². The first kappa shape index (κ1) is 8.41. The molecular weight excluding hydrogens is 142 g/mol. The molecule has 1 fully saturated rings. The Morgan fingerprint density at radius 3 is 2.10 bits per heavy atom. The Balaban J connectivity index is 2.34. The van der Waals surface area contributed by atoms with Crippen LogP contribution >= 0.6 is 10.2 Å². The van der Waals surface area contributed by atoms with E-state index in [1.54, 1.807) is 0 Å². The molecule has 1 aliphatic rings. The maximum absolute atomic E-state index is 3.66. The lowest BCUT2D eigenvalue weighted by atomic mass is 10.4. The largest absolute Gasteiger partial charge is 0.278 e. The van der Waals surface area contributed by atoms with E-state index in [1.807, 2.05) is 0 Å². The number of hydrogen-bond acceptors (Lipinski definition) is 1. The molecule has 0 atom stereocenters. The third kappa shape index (κ3) is 2.17. The predicted octanol–water partition coefficient (Wildman–Crippen LogP) is 2.13. The van der Waals surface area contributed by atoms with Crippen LogP contribution in [0.1, 0.15) is 26.7 Å². The van der Waals surface area contributed by atoms with Crippen molar-refractivity contribution >= 4 is 10.2 Å². The topological polar surface area (TPSA) is 12.0 Å². The van der Waals surface area contributed by atoms with Crippen LogP contribution in [0.15, 0.2) is 0 Å². The van der Waals surface area contributed by atoms with Gasteiger partial charge in [0.25, 0.3) is 0 Å². The molecule has 1 nitrogen and oxygen atoms in total. The summed E-state index contributed by atoms with van der Waals surface area (Å²) in [5, 5.41) is 1.02. The molecule has 0 radical (unpaired) electrons. The second-order valence-corrected chi connectivity index (χ2v) is 7.59. The molecule has 0 spiro atoms. The van der Waals surface area contributed by atoms with Gasteiger partial charge in [-0.1, -0.05) is 0 Å². The highest BCUT2D eigenvalue weighted by atomic mass is 32.3. The summed E-state index contributed by atoms with van der Waals surface area (Å²) in [6, 6.07) is 0.658. The van der Waals surface area contributed by atoms with E-state index in [0.29, 0.717) is 6.04 Å². The molecule has 62 valence electrons. The minimum Gasteiger partial charge on any atom is -0.278 e. The van der Waals surface area contributed by atoms with Crippen LogP contribution in [0.5, 0.6) is 0 Å². The summed E-state index contributed by atoms with van der Waals surface area (Å²) in [5.74, 6) is 0. The van der Waals surface area contributed by atoms with Crippen molar-refractivity contribution in [3.8, 4) is 0 Å². The molecule has 1 saturated carbocycles. The molecule has 0 heterocycles. The van der Waals surface area contributed by atoms with Crippen molar-refractivity contribution in [3.63, 3.8) is 0 Å². The molecule has 1 rings (SSSR count). The fraction of sp³-hybridized carbons (Fsp3) is 1.00. The second-order valence-electron chi connectivity index (χ2n) is 3.88. The Kier molecular flexibility index (Phi) is 2.31. The van der Waals surface area contributed by atoms with Crippen molar-refractivity contribution in [2.24, 2.45) is 0 Å². The monoisotopic (exact) mass is 161 g/mol. The van der Waals surface area contributed by atoms with Crippen LogP contribution in [0.25, 0.3) is 0 Å². The molecule has 0 aromatic heterocycles. The van der Waals surface area contributed by atoms with Gasteiger partial charge in [0, 0.05) is 11.3 Å². The third-order valence-electron chi connectivity index (χ3n) is 1.90. The van der Waals surface area contributed by atoms with Gasteiger partial charge in [-0.15, -0.1) is 0 Å². The zero-order valence-electron chi connectivity index (χ0n) is 7.48. The number of nitrogens with one attached hydrogen (secondary N) is 1. The molecule has 0 aliphatic heterocycles. The minimum absolute atomic E-state index is 0.436. The zero-order valence-corrected chi connectivity index (χ0v) is 8.29. The normalized spacial score (nSPS) is 21.7. The minimum atomic E-state index is -0.436. The first-order valence-electron chi connectivity index (χ1n) is 4.02. The van der Waals surface area contributed by atoms with Gasteiger partial charge in [-0.2, -0.15) is 10.2 Å². The van der Waals surface area contributed by atoms with Crippen molar-refractivity contribution in [3.05, 3.63) is 0 Å². The van der Waals surface area contributed by atoms with Gasteiger partial charge in [-0.25, -0.2) is 0 Å². The van der Waals surface area contributed by atoms with Crippen LogP contribution in [-0.2, 0) is 0 Å². The lowest BCUT2D eigenvalue weighted by Gasteiger charge is -2.34. The van der Waals surface area contributed by atoms with E-state index in [2.05, 4.69) is 31.1 Å². The van der Waals surface area contributed by atoms with Gasteiger partial charge in [0.1, 0.15) is 0 Å². The molecule has 0 aromatic carbocycles. The van der Waals surface area contributed by atoms with Gasteiger partial charge in [0.15, 0.2) is 0 Å². The van der Waals surface area contributed by atoms with E-state index in [9.17, 15) is 0 Å². The molecule has 2 heteroatoms. The summed E-state index contributed by atoms with van der Waals surface area (Å²) < 4.78 is 3.66. The highest BCUT2D eigenvalue weighted by Gasteiger charge is 2.33. The number of hydrogen-bond donors (Lipinski definition) is 1. The lowest BCUT2D eigenvalue weighted by molar-refractivity contribution is 0.761. The van der Waals surface area contributed by atoms with Crippen LogP contribution in [-0.4, -0.2) is 23.8 Å². The van der Waals surface area contributed by atoms with Gasteiger partial charge in [-0.05, 0) is 39.2 Å². The van der Waals surface area contributed by atoms with Crippen molar-refractivity contribution in [2.75, 3.05) is 12.5 Å². The van der Waals surface area contributed by atoms with Crippen LogP contribution in [0.3, 0.4) is 0 Å². The van der Waals surface area contributed by atoms with E-state index < -0.39 is 10.2 Å². The molecular formula is C8H19NS. The average Bonchev–Trinajstić information content (AvgIpc) is 2.35. The molecule has 0 aromatic rings. The van der Waals surface area contributed by atoms with Crippen molar-refractivity contribution in [1.82, 2.24) is 4.72 Å². The molecule has 1 N–H and O–H groups in total. The van der Waals surface area contributed by atoms with Crippen molar-refractivity contribution in [1.29, 1.82) is 0 Å². The highest BCUT2D eigenvalue weighted by Crippen LogP contribution is 2.53. The third-order valence-corrected chi connectivity index (χ3v) is 5.11. The highest BCUT2D eigenvalue weighted by molar-refractivity contribution is 8.31. The van der Waals surface area contributed by atoms with Crippen LogP contribution in [0.4, 0.5) is 0 Å². The molecule has 10 heavy (non-hydrogen) atoms. The standard InChI is InChI=1S/C8H19NS/c1-7(2)9-10(3,4)8-5-6-8/h7-9H,5-6H2,1-4H3. The van der Waals surface area contributed by atoms with Crippen molar-refractivity contribution in [2.45, 2.75) is 38.0 Å². The lowest BCUT2D eigenvalue weighted by Crippen LogP contribution is -2.28. The van der Waals surface area contributed by atoms with Gasteiger partial charge in [0.05, 0.1) is 0 Å². The zero-order chi connectivity index (χ0) is 7.78. The maximum atomic E-state index is 3.66. The molecule has 0 saturated heterocycles. The van der Waals surface area contributed by atoms with Crippen LogP contribution in [0, 0.1) is 0 Å². The summed E-state index contributed by atoms with van der Waals surface area (Å²) in [4.78, 5) is 0. The summed E-state index contributed by atoms with van der Waals surface area (Å²) >= 11 is 0. The summed E-state index contributed by atoms with van der Waals surface area (Å²) in [7, 11) is -0.436. The Morgan fingerprint density at radius 1 is 1.30 bits per heavy atom. The molecule has 1 aliphatic carbocycles. The van der Waals surface area contributed by atoms with Gasteiger partial charge >= 0.3 is 0 Å². The SMILES string of the molecule is CC(C)NS(C)(C)C1CC1. The smallest absolute Gasteiger partial charge is 0.00999 e. The van der Waals surface area contributed by atoms with E-state index >= 15 is 0 Å². The fourth-order valence-corrected chi connectivity index (χ4v) is 4.08. The maximum Gasteiger partial charge on any atom is 0.00999 e. The van der Waals surface area contributed by atoms with E-state index in [-0.39, 0.29) is 0 Å². The van der Waals surface area contributed by atoms with Crippen LogP contribution < -0.4 is 4.72 Å². The van der Waals surface area contributed by atoms with E-state index in [0.717, 1.165) is 5.25 Å². The number of rotatable bonds is 3. The van der Waals surface area contributed by atoms with Gasteiger partial charge in [0.2, 0.25) is 0 Å². The Morgan fingerprint density at radius 2 is 1.80 bits per heavy atom. The summed E-state index contributed by atoms with van der Waals surface area (Å²) in [5.41, 5.74) is 0. The van der Waals surface area contributed by atoms with Crippen molar-refractivity contribution < 1.29 is 0 Å². The predicted molar refractivity (Wildman–Crippen MR) is 50.7 cm³/mol. The summed E-state index contributed by atoms with van der Waals surface area (Å²) in [6.45, 7) is 4.47. The molecule has 0 bridgehead atoms. The van der Waals surface area contributed by atoms with Gasteiger partial charge in [-0.3, -0.25) is 4.72 Å². The Labute approximate surface area is 66.0 Å². The average molecular weight is 161 g/mol.